The predicted molar refractivity (Wildman–Crippen MR) is 157 cm³/mol. The number of hydrogen-bond donors (Lipinski definition) is 1. The summed E-state index contributed by atoms with van der Waals surface area (Å²) in [5.41, 5.74) is 4.40. The van der Waals surface area contributed by atoms with E-state index in [1.54, 1.807) is 18.2 Å². The minimum absolute atomic E-state index is 0.106. The fourth-order valence-electron chi connectivity index (χ4n) is 5.53. The molecule has 0 bridgehead atoms. The molecule has 2 aliphatic rings. The molecule has 6 rings (SSSR count). The summed E-state index contributed by atoms with van der Waals surface area (Å²) in [4.78, 5) is 13.8. The molecule has 0 fully saturated rings. The number of anilines is 2. The fraction of sp³-hybridized carbons (Fsp3) is 0.281. The second-order valence-electron chi connectivity index (χ2n) is 11.4. The van der Waals surface area contributed by atoms with Gasteiger partial charge in [0.1, 0.15) is 11.5 Å². The van der Waals surface area contributed by atoms with Crippen molar-refractivity contribution in [3.63, 3.8) is 0 Å². The molecule has 4 aromatic carbocycles. The van der Waals surface area contributed by atoms with Crippen LogP contribution in [0.1, 0.15) is 37.5 Å². The van der Waals surface area contributed by atoms with Crippen LogP contribution in [0.25, 0.3) is 10.8 Å². The number of hydrogen-bond acceptors (Lipinski definition) is 5. The molecule has 7 nitrogen and oxygen atoms in total. The van der Waals surface area contributed by atoms with E-state index in [1.807, 2.05) is 30.3 Å². The highest BCUT2D eigenvalue weighted by molar-refractivity contribution is 7.92. The SMILES string of the molecule is COc1ccc(S(=O)(=O)N2CC(C(=O)Nc3ccc4c5c(cccc35)CC4)Oc3ccc(C(C)(C)C)cc32)cc1. The molecule has 4 aromatic rings. The summed E-state index contributed by atoms with van der Waals surface area (Å²) in [7, 11) is -2.49. The highest BCUT2D eigenvalue weighted by Crippen LogP contribution is 2.41. The summed E-state index contributed by atoms with van der Waals surface area (Å²) in [6.45, 7) is 6.03. The topological polar surface area (TPSA) is 84.9 Å². The lowest BCUT2D eigenvalue weighted by Crippen LogP contribution is -2.49. The van der Waals surface area contributed by atoms with Crippen molar-refractivity contribution in [1.29, 1.82) is 0 Å². The van der Waals surface area contributed by atoms with Crippen LogP contribution in [0.5, 0.6) is 11.5 Å². The summed E-state index contributed by atoms with van der Waals surface area (Å²) in [5.74, 6) is 0.495. The molecule has 0 spiro atoms. The number of sulfonamides is 1. The van der Waals surface area contributed by atoms with Crippen molar-refractivity contribution in [3.05, 3.63) is 89.5 Å². The van der Waals surface area contributed by atoms with E-state index in [0.717, 1.165) is 23.8 Å². The summed E-state index contributed by atoms with van der Waals surface area (Å²) in [5, 5.41) is 5.20. The van der Waals surface area contributed by atoms with Gasteiger partial charge in [-0.1, -0.05) is 51.1 Å². The first-order valence-corrected chi connectivity index (χ1v) is 14.8. The lowest BCUT2D eigenvalue weighted by atomic mass is 9.86. The van der Waals surface area contributed by atoms with Crippen molar-refractivity contribution in [2.75, 3.05) is 23.3 Å². The third-order valence-electron chi connectivity index (χ3n) is 7.77. The van der Waals surface area contributed by atoms with Gasteiger partial charge in [0.15, 0.2) is 6.10 Å². The zero-order valence-corrected chi connectivity index (χ0v) is 23.8. The van der Waals surface area contributed by atoms with Gasteiger partial charge in [0, 0.05) is 11.1 Å². The third-order valence-corrected chi connectivity index (χ3v) is 9.56. The molecule has 206 valence electrons. The number of ether oxygens (including phenoxy) is 2. The maximum Gasteiger partial charge on any atom is 0.267 e. The van der Waals surface area contributed by atoms with Crippen LogP contribution >= 0.6 is 0 Å². The van der Waals surface area contributed by atoms with Gasteiger partial charge in [0.05, 0.1) is 24.2 Å². The number of methoxy groups -OCH3 is 1. The number of carbonyl (C=O) groups is 1. The summed E-state index contributed by atoms with van der Waals surface area (Å²) in [6, 6.07) is 21.9. The molecule has 1 unspecified atom stereocenters. The largest absolute Gasteiger partial charge is 0.497 e. The first-order chi connectivity index (χ1) is 19.1. The molecule has 0 radical (unpaired) electrons. The smallest absolute Gasteiger partial charge is 0.267 e. The van der Waals surface area contributed by atoms with Gasteiger partial charge in [-0.15, -0.1) is 0 Å². The second kappa shape index (κ2) is 9.55. The van der Waals surface area contributed by atoms with Gasteiger partial charge < -0.3 is 14.8 Å². The molecule has 1 heterocycles. The van der Waals surface area contributed by atoms with Crippen molar-refractivity contribution in [1.82, 2.24) is 0 Å². The maximum absolute atomic E-state index is 14.0. The number of nitrogens with one attached hydrogen (secondary N) is 1. The minimum Gasteiger partial charge on any atom is -0.497 e. The average molecular weight is 557 g/mol. The molecular formula is C32H32N2O5S. The van der Waals surface area contributed by atoms with E-state index in [4.69, 9.17) is 9.47 Å². The molecule has 0 saturated heterocycles. The lowest BCUT2D eigenvalue weighted by Gasteiger charge is -2.36. The number of benzene rings is 4. The Bertz CT molecular complexity index is 1730. The molecule has 0 aromatic heterocycles. The van der Waals surface area contributed by atoms with Crippen molar-refractivity contribution >= 4 is 38.1 Å². The minimum atomic E-state index is -4.02. The number of amides is 1. The van der Waals surface area contributed by atoms with Crippen LogP contribution in [0.15, 0.2) is 77.7 Å². The van der Waals surface area contributed by atoms with Crippen LogP contribution < -0.4 is 19.1 Å². The predicted octanol–water partition coefficient (Wildman–Crippen LogP) is 5.84. The van der Waals surface area contributed by atoms with Crippen LogP contribution in [-0.2, 0) is 33.1 Å². The highest BCUT2D eigenvalue weighted by atomic mass is 32.2. The maximum atomic E-state index is 14.0. The Balaban J connectivity index is 1.38. The Morgan fingerprint density at radius 2 is 1.70 bits per heavy atom. The van der Waals surface area contributed by atoms with E-state index in [9.17, 15) is 13.2 Å². The van der Waals surface area contributed by atoms with Crippen LogP contribution in [0.4, 0.5) is 11.4 Å². The van der Waals surface area contributed by atoms with E-state index in [1.165, 1.54) is 40.1 Å². The monoisotopic (exact) mass is 556 g/mol. The standard InChI is InChI=1S/C32H32N2O5S/c1-32(2,3)22-11-17-28-27(18-22)34(40(36,37)24-14-12-23(38-4)13-15-24)19-29(39-28)31(35)33-26-16-10-21-9-8-20-6-5-7-25(26)30(20)21/h5-7,10-18,29H,8-9,19H2,1-4H3,(H,33,35). The Labute approximate surface area is 234 Å². The number of rotatable bonds is 5. The van der Waals surface area contributed by atoms with Gasteiger partial charge in [-0.3, -0.25) is 9.10 Å². The summed E-state index contributed by atoms with van der Waals surface area (Å²) < 4.78 is 40.7. The van der Waals surface area contributed by atoms with Crippen LogP contribution in [0.2, 0.25) is 0 Å². The molecule has 40 heavy (non-hydrogen) atoms. The summed E-state index contributed by atoms with van der Waals surface area (Å²) in [6.07, 6.45) is 0.923. The van der Waals surface area contributed by atoms with Crippen molar-refractivity contribution in [2.24, 2.45) is 0 Å². The van der Waals surface area contributed by atoms with E-state index >= 15 is 0 Å². The van der Waals surface area contributed by atoms with Gasteiger partial charge in [-0.2, -0.15) is 0 Å². The quantitative estimate of drug-likeness (QED) is 0.334. The number of nitrogens with zero attached hydrogens (tertiary/aromatic N) is 1. The lowest BCUT2D eigenvalue weighted by molar-refractivity contribution is -0.122. The highest BCUT2D eigenvalue weighted by Gasteiger charge is 2.38. The van der Waals surface area contributed by atoms with Gasteiger partial charge >= 0.3 is 0 Å². The van der Waals surface area contributed by atoms with Gasteiger partial charge in [-0.05, 0) is 82.8 Å². The number of aryl methyl sites for hydroxylation is 2. The Kier molecular flexibility index (Phi) is 6.26. The molecular weight excluding hydrogens is 524 g/mol. The van der Waals surface area contributed by atoms with Crippen LogP contribution in [0.3, 0.4) is 0 Å². The van der Waals surface area contributed by atoms with Gasteiger partial charge in [0.25, 0.3) is 15.9 Å². The van der Waals surface area contributed by atoms with E-state index in [0.29, 0.717) is 22.9 Å². The van der Waals surface area contributed by atoms with Gasteiger partial charge in [-0.25, -0.2) is 8.42 Å². The normalized spacial score (nSPS) is 16.4. The first kappa shape index (κ1) is 26.2. The fourth-order valence-corrected chi connectivity index (χ4v) is 6.99. The zero-order valence-electron chi connectivity index (χ0n) is 23.0. The summed E-state index contributed by atoms with van der Waals surface area (Å²) >= 11 is 0. The molecule has 8 heteroatoms. The average Bonchev–Trinajstić information content (AvgIpc) is 3.37. The molecule has 1 aliphatic carbocycles. The van der Waals surface area contributed by atoms with Crippen molar-refractivity contribution in [2.45, 2.75) is 50.0 Å². The second-order valence-corrected chi connectivity index (χ2v) is 13.2. The van der Waals surface area contributed by atoms with Crippen LogP contribution in [0, 0.1) is 0 Å². The van der Waals surface area contributed by atoms with Crippen molar-refractivity contribution < 1.29 is 22.7 Å². The van der Waals surface area contributed by atoms with E-state index < -0.39 is 22.0 Å². The van der Waals surface area contributed by atoms with Crippen LogP contribution in [-0.4, -0.2) is 34.1 Å². The molecule has 1 amide bonds. The first-order valence-electron chi connectivity index (χ1n) is 13.4. The molecule has 1 atom stereocenters. The zero-order chi connectivity index (χ0) is 28.2. The Morgan fingerprint density at radius 3 is 2.40 bits per heavy atom. The van der Waals surface area contributed by atoms with Gasteiger partial charge in [0.2, 0.25) is 0 Å². The van der Waals surface area contributed by atoms with E-state index in [-0.39, 0.29) is 16.9 Å². The van der Waals surface area contributed by atoms with Crippen molar-refractivity contribution in [3.8, 4) is 11.5 Å². The number of fused-ring (bicyclic) bond motifs is 1. The molecule has 1 aliphatic heterocycles. The Hall–Kier alpha value is -4.04. The molecule has 0 saturated carbocycles. The number of carbonyl (C=O) groups excluding carboxylic acids is 1. The third kappa shape index (κ3) is 4.46. The Morgan fingerprint density at radius 1 is 0.975 bits per heavy atom. The molecule has 1 N–H and O–H groups in total. The van der Waals surface area contributed by atoms with E-state index in [2.05, 4.69) is 38.2 Å².